The molecule has 20 heavy (non-hydrogen) atoms. The van der Waals surface area contributed by atoms with Gasteiger partial charge < -0.3 is 0 Å². The highest BCUT2D eigenvalue weighted by molar-refractivity contribution is 6.21. The van der Waals surface area contributed by atoms with Crippen molar-refractivity contribution in [2.45, 2.75) is 33.7 Å². The first kappa shape index (κ1) is 15.8. The zero-order valence-electron chi connectivity index (χ0n) is 12.2. The molecule has 4 heteroatoms. The fraction of sp³-hybridized carbons (Fsp3) is 0.312. The van der Waals surface area contributed by atoms with Gasteiger partial charge in [-0.1, -0.05) is 32.1 Å². The van der Waals surface area contributed by atoms with Crippen LogP contribution in [-0.2, 0) is 4.79 Å². The predicted octanol–water partition coefficient (Wildman–Crippen LogP) is 2.84. The van der Waals surface area contributed by atoms with Gasteiger partial charge in [-0.2, -0.15) is 0 Å². The molecular formula is C16H19NO3. The summed E-state index contributed by atoms with van der Waals surface area (Å²) in [5.74, 6) is -0.730. The second kappa shape index (κ2) is 6.80. The molecule has 0 saturated heterocycles. The van der Waals surface area contributed by atoms with Crippen LogP contribution in [0.3, 0.4) is 0 Å². The summed E-state index contributed by atoms with van der Waals surface area (Å²) < 4.78 is 0. The summed E-state index contributed by atoms with van der Waals surface area (Å²) in [6, 6.07) is 6.29. The number of allylic oxidation sites excluding steroid dienone is 1. The van der Waals surface area contributed by atoms with Gasteiger partial charge >= 0.3 is 0 Å². The lowest BCUT2D eigenvalue weighted by Gasteiger charge is -2.18. The normalized spacial score (nSPS) is 14.9. The van der Waals surface area contributed by atoms with Gasteiger partial charge in [0.25, 0.3) is 11.8 Å². The van der Waals surface area contributed by atoms with Crippen molar-refractivity contribution >= 4 is 17.6 Å². The molecule has 0 fully saturated rings. The average molecular weight is 273 g/mol. The van der Waals surface area contributed by atoms with Crippen molar-refractivity contribution in [3.63, 3.8) is 0 Å². The van der Waals surface area contributed by atoms with Crippen LogP contribution in [-0.4, -0.2) is 28.5 Å². The van der Waals surface area contributed by atoms with Crippen molar-refractivity contribution in [1.29, 1.82) is 0 Å². The molecule has 0 N–H and O–H groups in total. The lowest BCUT2D eigenvalue weighted by molar-refractivity contribution is -0.112. The molecule has 0 radical (unpaired) electrons. The van der Waals surface area contributed by atoms with Crippen LogP contribution in [0.25, 0.3) is 0 Å². The van der Waals surface area contributed by atoms with Crippen LogP contribution in [0.5, 0.6) is 0 Å². The fourth-order valence-electron chi connectivity index (χ4n) is 1.94. The minimum absolute atomic E-state index is 0.113. The maximum atomic E-state index is 12.1. The van der Waals surface area contributed by atoms with Crippen LogP contribution >= 0.6 is 0 Å². The summed E-state index contributed by atoms with van der Waals surface area (Å²) in [5.41, 5.74) is 0.844. The number of ketones is 1. The molecule has 2 amide bonds. The quantitative estimate of drug-likeness (QED) is 0.628. The summed E-state index contributed by atoms with van der Waals surface area (Å²) in [6.45, 7) is 7.13. The molecule has 0 bridgehead atoms. The van der Waals surface area contributed by atoms with E-state index in [1.807, 2.05) is 13.8 Å². The van der Waals surface area contributed by atoms with Crippen molar-refractivity contribution < 1.29 is 14.4 Å². The highest BCUT2D eigenvalue weighted by Crippen LogP contribution is 2.24. The van der Waals surface area contributed by atoms with Gasteiger partial charge in [-0.15, -0.1) is 0 Å². The lowest BCUT2D eigenvalue weighted by atomic mass is 10.1. The van der Waals surface area contributed by atoms with E-state index in [9.17, 15) is 14.4 Å². The number of imide groups is 1. The molecule has 1 unspecified atom stereocenters. The Bertz CT molecular complexity index is 526. The topological polar surface area (TPSA) is 54.5 Å². The maximum absolute atomic E-state index is 12.1. The van der Waals surface area contributed by atoms with Crippen LogP contribution in [0.1, 0.15) is 48.4 Å². The first-order valence-corrected chi connectivity index (χ1v) is 6.68. The predicted molar refractivity (Wildman–Crippen MR) is 77.6 cm³/mol. The largest absolute Gasteiger partial charge is 0.295 e. The smallest absolute Gasteiger partial charge is 0.262 e. The van der Waals surface area contributed by atoms with Crippen LogP contribution in [0.4, 0.5) is 0 Å². The molecule has 0 aromatic heterocycles. The number of fused-ring (bicyclic) bond motifs is 1. The molecule has 1 aliphatic heterocycles. The number of amides is 2. The van der Waals surface area contributed by atoms with Crippen molar-refractivity contribution in [2.75, 3.05) is 0 Å². The second-order valence-corrected chi connectivity index (χ2v) is 4.24. The van der Waals surface area contributed by atoms with Crippen LogP contribution in [0.2, 0.25) is 0 Å². The fourth-order valence-corrected chi connectivity index (χ4v) is 1.94. The number of carbonyl (C=O) groups is 3. The Balaban J connectivity index is 0.000000956. The Labute approximate surface area is 119 Å². The minimum Gasteiger partial charge on any atom is -0.295 e. The zero-order valence-corrected chi connectivity index (χ0v) is 12.2. The van der Waals surface area contributed by atoms with Gasteiger partial charge in [-0.3, -0.25) is 19.3 Å². The number of hydrogen-bond acceptors (Lipinski definition) is 3. The Morgan fingerprint density at radius 2 is 1.55 bits per heavy atom. The molecule has 2 rings (SSSR count). The maximum Gasteiger partial charge on any atom is 0.262 e. The second-order valence-electron chi connectivity index (χ2n) is 4.24. The van der Waals surface area contributed by atoms with E-state index >= 15 is 0 Å². The van der Waals surface area contributed by atoms with Crippen LogP contribution < -0.4 is 0 Å². The van der Waals surface area contributed by atoms with Gasteiger partial charge in [0.05, 0.1) is 17.2 Å². The monoisotopic (exact) mass is 273 g/mol. The highest BCUT2D eigenvalue weighted by Gasteiger charge is 2.37. The molecule has 0 aliphatic carbocycles. The lowest BCUT2D eigenvalue weighted by Crippen LogP contribution is -2.36. The van der Waals surface area contributed by atoms with Crippen molar-refractivity contribution in [3.8, 4) is 0 Å². The van der Waals surface area contributed by atoms with Gasteiger partial charge in [-0.25, -0.2) is 0 Å². The van der Waals surface area contributed by atoms with E-state index in [0.29, 0.717) is 11.1 Å². The van der Waals surface area contributed by atoms with E-state index in [2.05, 4.69) is 0 Å². The van der Waals surface area contributed by atoms with E-state index < -0.39 is 6.04 Å². The molecule has 1 aromatic carbocycles. The van der Waals surface area contributed by atoms with E-state index in [1.165, 1.54) is 17.9 Å². The van der Waals surface area contributed by atoms with Crippen LogP contribution in [0, 0.1) is 0 Å². The summed E-state index contributed by atoms with van der Waals surface area (Å²) in [5, 5.41) is 0. The molecule has 1 atom stereocenters. The van der Waals surface area contributed by atoms with Crippen molar-refractivity contribution in [1.82, 2.24) is 4.90 Å². The van der Waals surface area contributed by atoms with Gasteiger partial charge in [-0.05, 0) is 32.1 Å². The average Bonchev–Trinajstić information content (AvgIpc) is 2.71. The number of benzene rings is 1. The summed E-state index contributed by atoms with van der Waals surface area (Å²) >= 11 is 0. The number of hydrogen-bond donors (Lipinski definition) is 0. The van der Waals surface area contributed by atoms with Gasteiger partial charge in [0.15, 0.2) is 5.78 Å². The molecule has 1 aromatic rings. The third kappa shape index (κ3) is 3.02. The first-order chi connectivity index (χ1) is 9.52. The van der Waals surface area contributed by atoms with E-state index in [1.54, 1.807) is 37.3 Å². The molecule has 4 nitrogen and oxygen atoms in total. The third-order valence-corrected chi connectivity index (χ3v) is 2.84. The standard InChI is InChI=1S/C14H13NO3.C2H6/c1-9(7-8-10(2)16)15-13(17)11-5-3-4-6-12(11)14(15)18;1-2/h3-9H,1-2H3;1-2H3/b8-7-;. The van der Waals surface area contributed by atoms with Gasteiger partial charge in [0.2, 0.25) is 0 Å². The Kier molecular flexibility index (Phi) is 5.38. The molecule has 1 heterocycles. The molecule has 0 saturated carbocycles. The Morgan fingerprint density at radius 3 is 1.95 bits per heavy atom. The molecular weight excluding hydrogens is 254 g/mol. The van der Waals surface area contributed by atoms with E-state index in [-0.39, 0.29) is 17.6 Å². The number of rotatable bonds is 3. The summed E-state index contributed by atoms with van der Waals surface area (Å²) in [7, 11) is 0. The zero-order chi connectivity index (χ0) is 15.3. The van der Waals surface area contributed by atoms with E-state index in [0.717, 1.165) is 0 Å². The molecule has 0 spiro atoms. The van der Waals surface area contributed by atoms with Crippen LogP contribution in [0.15, 0.2) is 36.4 Å². The van der Waals surface area contributed by atoms with Crippen molar-refractivity contribution in [2.24, 2.45) is 0 Å². The number of nitrogens with zero attached hydrogens (tertiary/aromatic N) is 1. The number of carbonyl (C=O) groups excluding carboxylic acids is 3. The highest BCUT2D eigenvalue weighted by atomic mass is 16.2. The SMILES string of the molecule is CC.CC(=O)/C=C\C(C)N1C(=O)c2ccccc2C1=O. The van der Waals surface area contributed by atoms with Crippen molar-refractivity contribution in [3.05, 3.63) is 47.5 Å². The summed E-state index contributed by atoms with van der Waals surface area (Å²) in [4.78, 5) is 36.2. The van der Waals surface area contributed by atoms with Gasteiger partial charge in [0.1, 0.15) is 0 Å². The molecule has 1 aliphatic rings. The summed E-state index contributed by atoms with van der Waals surface area (Å²) in [6.07, 6.45) is 2.93. The Morgan fingerprint density at radius 1 is 1.10 bits per heavy atom. The van der Waals surface area contributed by atoms with E-state index in [4.69, 9.17) is 0 Å². The first-order valence-electron chi connectivity index (χ1n) is 6.68. The third-order valence-electron chi connectivity index (χ3n) is 2.84. The molecule has 106 valence electrons. The minimum atomic E-state index is -0.429. The van der Waals surface area contributed by atoms with Gasteiger partial charge in [0, 0.05) is 0 Å². The Hall–Kier alpha value is -2.23.